The van der Waals surface area contributed by atoms with Gasteiger partial charge in [0.25, 0.3) is 0 Å². The Kier molecular flexibility index (Phi) is 3.84. The van der Waals surface area contributed by atoms with Gasteiger partial charge in [-0.15, -0.1) is 0 Å². The molecule has 0 unspecified atom stereocenters. The van der Waals surface area contributed by atoms with Crippen molar-refractivity contribution in [1.29, 1.82) is 0 Å². The molecule has 0 atom stereocenters. The zero-order valence-electron chi connectivity index (χ0n) is 11.6. The van der Waals surface area contributed by atoms with Gasteiger partial charge in [-0.25, -0.2) is 8.42 Å². The van der Waals surface area contributed by atoms with Crippen molar-refractivity contribution in [1.82, 2.24) is 0 Å². The van der Waals surface area contributed by atoms with Gasteiger partial charge in [0, 0.05) is 12.1 Å². The Morgan fingerprint density at radius 3 is 2.71 bits per heavy atom. The number of benzene rings is 2. The maximum atomic E-state index is 12.1. The highest BCUT2D eigenvalue weighted by atomic mass is 32.2. The van der Waals surface area contributed by atoms with E-state index in [9.17, 15) is 8.42 Å². The average molecular weight is 303 g/mol. The van der Waals surface area contributed by atoms with Gasteiger partial charge in [-0.3, -0.25) is 4.72 Å². The summed E-state index contributed by atoms with van der Waals surface area (Å²) in [5.41, 5.74) is 2.68. The fraction of sp³-hybridized carbons (Fsp3) is 0.250. The maximum Gasteiger partial charge on any atom is 0.233 e. The molecule has 0 aromatic heterocycles. The predicted molar refractivity (Wildman–Crippen MR) is 83.2 cm³/mol. The second-order valence-electron chi connectivity index (χ2n) is 5.08. The third kappa shape index (κ3) is 3.55. The van der Waals surface area contributed by atoms with Crippen LogP contribution in [0.3, 0.4) is 0 Å². The summed E-state index contributed by atoms with van der Waals surface area (Å²) in [5.74, 6) is 0.923. The Morgan fingerprint density at radius 1 is 1.10 bits per heavy atom. The third-order valence-electron chi connectivity index (χ3n) is 3.47. The van der Waals surface area contributed by atoms with Gasteiger partial charge in [0.05, 0.1) is 12.4 Å². The minimum Gasteiger partial charge on any atom is -0.493 e. The van der Waals surface area contributed by atoms with Crippen LogP contribution < -0.4 is 9.46 Å². The zero-order chi connectivity index (χ0) is 14.7. The number of sulfonamides is 1. The largest absolute Gasteiger partial charge is 0.493 e. The van der Waals surface area contributed by atoms with E-state index in [1.807, 2.05) is 42.5 Å². The predicted octanol–water partition coefficient (Wildman–Crippen LogP) is 2.61. The van der Waals surface area contributed by atoms with Crippen LogP contribution in [-0.4, -0.2) is 20.8 Å². The summed E-state index contributed by atoms with van der Waals surface area (Å²) in [4.78, 5) is 0. The van der Waals surface area contributed by atoms with E-state index in [1.165, 1.54) is 0 Å². The number of nitrogens with one attached hydrogen (secondary N) is 1. The summed E-state index contributed by atoms with van der Waals surface area (Å²) in [6, 6.07) is 15.0. The number of anilines is 1. The molecule has 0 fully saturated rings. The minimum absolute atomic E-state index is 0.0740. The van der Waals surface area contributed by atoms with Gasteiger partial charge in [0.15, 0.2) is 0 Å². The molecule has 0 radical (unpaired) electrons. The first kappa shape index (κ1) is 13.9. The normalized spacial score (nSPS) is 13.5. The van der Waals surface area contributed by atoms with Crippen molar-refractivity contribution >= 4 is 15.7 Å². The Hall–Kier alpha value is -2.01. The van der Waals surface area contributed by atoms with Crippen LogP contribution in [0.2, 0.25) is 0 Å². The number of fused-ring (bicyclic) bond motifs is 1. The van der Waals surface area contributed by atoms with Crippen molar-refractivity contribution in [2.24, 2.45) is 0 Å². The number of aryl methyl sites for hydroxylation is 1. The lowest BCUT2D eigenvalue weighted by Gasteiger charge is -2.09. The van der Waals surface area contributed by atoms with E-state index in [0.717, 1.165) is 23.3 Å². The van der Waals surface area contributed by atoms with E-state index >= 15 is 0 Å². The molecule has 0 aliphatic carbocycles. The SMILES string of the molecule is O=S(=O)(CCc1ccccc1)Nc1ccc2c(c1)CCO2. The molecule has 2 aromatic rings. The summed E-state index contributed by atoms with van der Waals surface area (Å²) in [5, 5.41) is 0. The van der Waals surface area contributed by atoms with E-state index in [-0.39, 0.29) is 5.75 Å². The van der Waals surface area contributed by atoms with Gasteiger partial charge in [-0.2, -0.15) is 0 Å². The van der Waals surface area contributed by atoms with Crippen molar-refractivity contribution in [3.05, 3.63) is 59.7 Å². The van der Waals surface area contributed by atoms with E-state index in [4.69, 9.17) is 4.74 Å². The summed E-state index contributed by atoms with van der Waals surface area (Å²) in [7, 11) is -3.34. The molecule has 0 saturated carbocycles. The molecule has 3 rings (SSSR count). The molecule has 1 aliphatic rings. The van der Waals surface area contributed by atoms with Crippen molar-refractivity contribution in [2.45, 2.75) is 12.8 Å². The van der Waals surface area contributed by atoms with E-state index < -0.39 is 10.0 Å². The van der Waals surface area contributed by atoms with E-state index in [1.54, 1.807) is 6.07 Å². The minimum atomic E-state index is -3.34. The van der Waals surface area contributed by atoms with Gasteiger partial charge >= 0.3 is 0 Å². The van der Waals surface area contributed by atoms with Gasteiger partial charge in [-0.1, -0.05) is 30.3 Å². The molecule has 1 N–H and O–H groups in total. The van der Waals surface area contributed by atoms with Gasteiger partial charge < -0.3 is 4.74 Å². The molecule has 0 amide bonds. The maximum absolute atomic E-state index is 12.1. The van der Waals surface area contributed by atoms with Crippen molar-refractivity contribution < 1.29 is 13.2 Å². The average Bonchev–Trinajstić information content (AvgIpc) is 2.93. The van der Waals surface area contributed by atoms with Crippen LogP contribution in [0.1, 0.15) is 11.1 Å². The molecule has 0 bridgehead atoms. The lowest BCUT2D eigenvalue weighted by atomic mass is 10.1. The van der Waals surface area contributed by atoms with Crippen LogP contribution in [-0.2, 0) is 22.9 Å². The Morgan fingerprint density at radius 2 is 1.90 bits per heavy atom. The lowest BCUT2D eigenvalue weighted by Crippen LogP contribution is -2.18. The van der Waals surface area contributed by atoms with Gasteiger partial charge in [-0.05, 0) is 35.7 Å². The first-order valence-corrected chi connectivity index (χ1v) is 8.58. The van der Waals surface area contributed by atoms with E-state index in [2.05, 4.69) is 4.72 Å². The molecule has 5 heteroatoms. The number of ether oxygens (including phenoxy) is 1. The third-order valence-corrected chi connectivity index (χ3v) is 4.75. The van der Waals surface area contributed by atoms with Crippen molar-refractivity contribution in [3.8, 4) is 5.75 Å². The van der Waals surface area contributed by atoms with Crippen molar-refractivity contribution in [3.63, 3.8) is 0 Å². The quantitative estimate of drug-likeness (QED) is 0.923. The number of hydrogen-bond donors (Lipinski definition) is 1. The fourth-order valence-corrected chi connectivity index (χ4v) is 3.47. The first-order valence-electron chi connectivity index (χ1n) is 6.92. The number of hydrogen-bond acceptors (Lipinski definition) is 3. The second-order valence-corrected chi connectivity index (χ2v) is 6.92. The molecule has 2 aromatic carbocycles. The Bertz CT molecular complexity index is 726. The topological polar surface area (TPSA) is 55.4 Å². The van der Waals surface area contributed by atoms with Crippen LogP contribution in [0.5, 0.6) is 5.75 Å². The smallest absolute Gasteiger partial charge is 0.233 e. The highest BCUT2D eigenvalue weighted by Crippen LogP contribution is 2.28. The summed E-state index contributed by atoms with van der Waals surface area (Å²) >= 11 is 0. The van der Waals surface area contributed by atoms with Crippen LogP contribution in [0.25, 0.3) is 0 Å². The summed E-state index contributed by atoms with van der Waals surface area (Å²) in [6.07, 6.45) is 1.33. The molecule has 1 heterocycles. The first-order chi connectivity index (χ1) is 10.1. The van der Waals surface area contributed by atoms with Gasteiger partial charge in [0.2, 0.25) is 10.0 Å². The molecular formula is C16H17NO3S. The summed E-state index contributed by atoms with van der Waals surface area (Å²) < 4.78 is 32.3. The Labute approximate surface area is 124 Å². The molecule has 0 spiro atoms. The highest BCUT2D eigenvalue weighted by Gasteiger charge is 2.15. The molecule has 4 nitrogen and oxygen atoms in total. The molecule has 1 aliphatic heterocycles. The van der Waals surface area contributed by atoms with E-state index in [0.29, 0.717) is 18.7 Å². The monoisotopic (exact) mass is 303 g/mol. The molecule has 21 heavy (non-hydrogen) atoms. The highest BCUT2D eigenvalue weighted by molar-refractivity contribution is 7.92. The van der Waals surface area contributed by atoms with Crippen LogP contribution in [0.15, 0.2) is 48.5 Å². The van der Waals surface area contributed by atoms with Gasteiger partial charge in [0.1, 0.15) is 5.75 Å². The molecule has 0 saturated heterocycles. The van der Waals surface area contributed by atoms with Crippen LogP contribution >= 0.6 is 0 Å². The van der Waals surface area contributed by atoms with Crippen LogP contribution in [0.4, 0.5) is 5.69 Å². The van der Waals surface area contributed by atoms with Crippen molar-refractivity contribution in [2.75, 3.05) is 17.1 Å². The zero-order valence-corrected chi connectivity index (χ0v) is 12.4. The lowest BCUT2D eigenvalue weighted by molar-refractivity contribution is 0.357. The molecule has 110 valence electrons. The molecular weight excluding hydrogens is 286 g/mol. The summed E-state index contributed by atoms with van der Waals surface area (Å²) in [6.45, 7) is 0.666. The fourth-order valence-electron chi connectivity index (χ4n) is 2.38. The standard InChI is InChI=1S/C16H17NO3S/c18-21(19,11-9-13-4-2-1-3-5-13)17-15-6-7-16-14(12-15)8-10-20-16/h1-7,12,17H,8-11H2. The van der Waals surface area contributed by atoms with Crippen LogP contribution in [0, 0.1) is 0 Å². The Balaban J connectivity index is 1.66. The second kappa shape index (κ2) is 5.77. The number of rotatable bonds is 5.